The molecular formula is C11H12BrN5. The maximum absolute atomic E-state index is 5.67. The van der Waals surface area contributed by atoms with Gasteiger partial charge in [-0.1, -0.05) is 30.3 Å². The summed E-state index contributed by atoms with van der Waals surface area (Å²) in [5, 5.41) is 3.15. The van der Waals surface area contributed by atoms with Gasteiger partial charge in [0, 0.05) is 6.54 Å². The fraction of sp³-hybridized carbons (Fsp3) is 0.0909. The SMILES string of the molecule is Nc1nc(N)c(Br)c(NCc2ccccc2)n1. The van der Waals surface area contributed by atoms with Gasteiger partial charge in [-0.05, 0) is 21.5 Å². The van der Waals surface area contributed by atoms with Crippen molar-refractivity contribution < 1.29 is 0 Å². The summed E-state index contributed by atoms with van der Waals surface area (Å²) in [5.41, 5.74) is 12.4. The molecule has 0 aliphatic rings. The summed E-state index contributed by atoms with van der Waals surface area (Å²) in [6, 6.07) is 9.98. The second kappa shape index (κ2) is 5.01. The third kappa shape index (κ3) is 2.85. The van der Waals surface area contributed by atoms with E-state index in [0.717, 1.165) is 5.56 Å². The van der Waals surface area contributed by atoms with E-state index in [1.54, 1.807) is 0 Å². The molecule has 0 unspecified atom stereocenters. The van der Waals surface area contributed by atoms with Crippen molar-refractivity contribution in [3.8, 4) is 0 Å². The van der Waals surface area contributed by atoms with Crippen molar-refractivity contribution >= 4 is 33.5 Å². The van der Waals surface area contributed by atoms with Crippen molar-refractivity contribution in [1.82, 2.24) is 9.97 Å². The highest BCUT2D eigenvalue weighted by Gasteiger charge is 2.07. The fourth-order valence-electron chi connectivity index (χ4n) is 1.38. The van der Waals surface area contributed by atoms with E-state index >= 15 is 0 Å². The van der Waals surface area contributed by atoms with Crippen molar-refractivity contribution in [3.05, 3.63) is 40.4 Å². The predicted molar refractivity (Wildman–Crippen MR) is 72.3 cm³/mol. The third-order valence-electron chi connectivity index (χ3n) is 2.20. The number of halogens is 1. The highest BCUT2D eigenvalue weighted by molar-refractivity contribution is 9.10. The van der Waals surface area contributed by atoms with E-state index < -0.39 is 0 Å². The van der Waals surface area contributed by atoms with Gasteiger partial charge < -0.3 is 16.8 Å². The minimum atomic E-state index is 0.154. The van der Waals surface area contributed by atoms with E-state index in [1.807, 2.05) is 30.3 Å². The van der Waals surface area contributed by atoms with Crippen molar-refractivity contribution in [2.24, 2.45) is 0 Å². The molecule has 88 valence electrons. The van der Waals surface area contributed by atoms with Crippen LogP contribution in [0.15, 0.2) is 34.8 Å². The molecule has 0 aliphatic carbocycles. The lowest BCUT2D eigenvalue weighted by Gasteiger charge is -2.09. The Morgan fingerprint density at radius 3 is 2.53 bits per heavy atom. The van der Waals surface area contributed by atoms with Crippen molar-refractivity contribution in [1.29, 1.82) is 0 Å². The molecule has 0 saturated heterocycles. The molecule has 2 rings (SSSR count). The van der Waals surface area contributed by atoms with Crippen LogP contribution in [0.1, 0.15) is 5.56 Å². The van der Waals surface area contributed by atoms with Crippen LogP contribution in [0.2, 0.25) is 0 Å². The zero-order valence-corrected chi connectivity index (χ0v) is 10.6. The predicted octanol–water partition coefficient (Wildman–Crippen LogP) is 2.02. The first-order chi connectivity index (χ1) is 8.16. The summed E-state index contributed by atoms with van der Waals surface area (Å²) >= 11 is 3.32. The van der Waals surface area contributed by atoms with Gasteiger partial charge in [-0.2, -0.15) is 9.97 Å². The van der Waals surface area contributed by atoms with Crippen LogP contribution in [0.5, 0.6) is 0 Å². The van der Waals surface area contributed by atoms with Crippen LogP contribution < -0.4 is 16.8 Å². The largest absolute Gasteiger partial charge is 0.383 e. The summed E-state index contributed by atoms with van der Waals surface area (Å²) in [6.07, 6.45) is 0. The molecule has 2 aromatic rings. The van der Waals surface area contributed by atoms with E-state index in [-0.39, 0.29) is 5.95 Å². The Kier molecular flexibility index (Phi) is 3.43. The first-order valence-electron chi connectivity index (χ1n) is 5.03. The molecule has 0 radical (unpaired) electrons. The van der Waals surface area contributed by atoms with Gasteiger partial charge in [0.2, 0.25) is 5.95 Å². The zero-order valence-electron chi connectivity index (χ0n) is 9.02. The highest BCUT2D eigenvalue weighted by atomic mass is 79.9. The topological polar surface area (TPSA) is 89.8 Å². The van der Waals surface area contributed by atoms with E-state index in [2.05, 4.69) is 31.2 Å². The number of anilines is 3. The highest BCUT2D eigenvalue weighted by Crippen LogP contribution is 2.26. The third-order valence-corrected chi connectivity index (χ3v) is 2.98. The van der Waals surface area contributed by atoms with E-state index in [4.69, 9.17) is 11.5 Å². The van der Waals surface area contributed by atoms with Crippen molar-refractivity contribution in [2.75, 3.05) is 16.8 Å². The van der Waals surface area contributed by atoms with Gasteiger partial charge in [-0.3, -0.25) is 0 Å². The van der Waals surface area contributed by atoms with Crippen LogP contribution in [0.25, 0.3) is 0 Å². The number of aromatic nitrogens is 2. The first-order valence-corrected chi connectivity index (χ1v) is 5.82. The Bertz CT molecular complexity index is 515. The molecule has 17 heavy (non-hydrogen) atoms. The van der Waals surface area contributed by atoms with Crippen LogP contribution >= 0.6 is 15.9 Å². The number of benzene rings is 1. The lowest BCUT2D eigenvalue weighted by Crippen LogP contribution is -2.07. The zero-order chi connectivity index (χ0) is 12.3. The summed E-state index contributed by atoms with van der Waals surface area (Å²) < 4.78 is 0.627. The molecule has 0 bridgehead atoms. The van der Waals surface area contributed by atoms with Crippen LogP contribution in [0.4, 0.5) is 17.6 Å². The number of nitrogens with one attached hydrogen (secondary N) is 1. The van der Waals surface area contributed by atoms with Gasteiger partial charge in [0.25, 0.3) is 0 Å². The second-order valence-electron chi connectivity index (χ2n) is 3.47. The maximum atomic E-state index is 5.67. The molecule has 1 aromatic carbocycles. The molecule has 0 fully saturated rings. The molecule has 6 heteroatoms. The first kappa shape index (κ1) is 11.7. The molecule has 5 N–H and O–H groups in total. The Morgan fingerprint density at radius 2 is 1.82 bits per heavy atom. The van der Waals surface area contributed by atoms with Gasteiger partial charge >= 0.3 is 0 Å². The average molecular weight is 294 g/mol. The summed E-state index contributed by atoms with van der Waals surface area (Å²) in [5.74, 6) is 1.08. The number of rotatable bonds is 3. The minimum Gasteiger partial charge on any atom is -0.383 e. The minimum absolute atomic E-state index is 0.154. The normalized spacial score (nSPS) is 10.2. The molecule has 0 amide bonds. The number of hydrogen-bond donors (Lipinski definition) is 3. The van der Waals surface area contributed by atoms with Crippen molar-refractivity contribution in [3.63, 3.8) is 0 Å². The molecule has 1 aromatic heterocycles. The summed E-state index contributed by atoms with van der Waals surface area (Å²) in [7, 11) is 0. The quantitative estimate of drug-likeness (QED) is 0.805. The van der Waals surface area contributed by atoms with Gasteiger partial charge in [0.15, 0.2) is 0 Å². The molecule has 1 heterocycles. The molecule has 0 saturated carbocycles. The van der Waals surface area contributed by atoms with E-state index in [1.165, 1.54) is 0 Å². The van der Waals surface area contributed by atoms with E-state index in [9.17, 15) is 0 Å². The van der Waals surface area contributed by atoms with Gasteiger partial charge in [-0.15, -0.1) is 0 Å². The Labute approximate surface area is 107 Å². The molecule has 5 nitrogen and oxygen atoms in total. The van der Waals surface area contributed by atoms with Gasteiger partial charge in [0.1, 0.15) is 16.1 Å². The van der Waals surface area contributed by atoms with Crippen molar-refractivity contribution in [2.45, 2.75) is 6.54 Å². The van der Waals surface area contributed by atoms with Crippen LogP contribution in [-0.2, 0) is 6.54 Å². The average Bonchev–Trinajstić information content (AvgIpc) is 2.33. The number of hydrogen-bond acceptors (Lipinski definition) is 5. The lowest BCUT2D eigenvalue weighted by atomic mass is 10.2. The maximum Gasteiger partial charge on any atom is 0.224 e. The number of nitrogens with zero attached hydrogens (tertiary/aromatic N) is 2. The molecule has 0 aliphatic heterocycles. The number of nitrogen functional groups attached to an aromatic ring is 2. The van der Waals surface area contributed by atoms with Gasteiger partial charge in [-0.25, -0.2) is 0 Å². The monoisotopic (exact) mass is 293 g/mol. The van der Waals surface area contributed by atoms with Crippen LogP contribution in [-0.4, -0.2) is 9.97 Å². The standard InChI is InChI=1S/C11H12BrN5/c12-8-9(13)16-11(14)17-10(8)15-6-7-4-2-1-3-5-7/h1-5H,6H2,(H5,13,14,15,16,17). The van der Waals surface area contributed by atoms with Crippen LogP contribution in [0.3, 0.4) is 0 Å². The smallest absolute Gasteiger partial charge is 0.224 e. The summed E-state index contributed by atoms with van der Waals surface area (Å²) in [4.78, 5) is 7.92. The van der Waals surface area contributed by atoms with Gasteiger partial charge in [0.05, 0.1) is 0 Å². The van der Waals surface area contributed by atoms with E-state index in [0.29, 0.717) is 22.7 Å². The number of nitrogens with two attached hydrogens (primary N) is 2. The Balaban J connectivity index is 2.14. The summed E-state index contributed by atoms with van der Waals surface area (Å²) in [6.45, 7) is 0.648. The molecule has 0 atom stereocenters. The molecule has 0 spiro atoms. The molecular weight excluding hydrogens is 282 g/mol. The Morgan fingerprint density at radius 1 is 1.12 bits per heavy atom. The second-order valence-corrected chi connectivity index (χ2v) is 4.26. The lowest BCUT2D eigenvalue weighted by molar-refractivity contribution is 1.08. The fourth-order valence-corrected chi connectivity index (χ4v) is 1.70. The Hall–Kier alpha value is -1.82. The van der Waals surface area contributed by atoms with Crippen LogP contribution in [0, 0.1) is 0 Å².